The van der Waals surface area contributed by atoms with Crippen LogP contribution in [0.5, 0.6) is 0 Å². The quantitative estimate of drug-likeness (QED) is 0.628. The maximum Gasteiger partial charge on any atom is 0.151 e. The van der Waals surface area contributed by atoms with Crippen LogP contribution in [0.1, 0.15) is 47.0 Å². The fourth-order valence-electron chi connectivity index (χ4n) is 3.59. The van der Waals surface area contributed by atoms with Gasteiger partial charge in [-0.2, -0.15) is 0 Å². The van der Waals surface area contributed by atoms with Gasteiger partial charge < -0.3 is 25.2 Å². The summed E-state index contributed by atoms with van der Waals surface area (Å²) in [6.45, 7) is 3.34. The molecule has 0 spiro atoms. The average Bonchev–Trinajstić information content (AvgIpc) is 2.72. The highest BCUT2D eigenvalue weighted by Gasteiger charge is 2.44. The van der Waals surface area contributed by atoms with Gasteiger partial charge in [-0.3, -0.25) is 0 Å². The molecule has 1 aliphatic rings. The molecule has 2 aromatic rings. The van der Waals surface area contributed by atoms with Gasteiger partial charge in [-0.25, -0.2) is 4.39 Å². The van der Waals surface area contributed by atoms with E-state index in [1.54, 1.807) is 37.3 Å². The molecule has 6 atom stereocenters. The number of aliphatic hydroxyl groups excluding tert-OH is 4. The zero-order valence-electron chi connectivity index (χ0n) is 16.0. The zero-order chi connectivity index (χ0) is 20.4. The molecule has 2 aromatic carbocycles. The Labute approximate surface area is 164 Å². The third-order valence-electron chi connectivity index (χ3n) is 5.48. The molecule has 1 saturated heterocycles. The smallest absolute Gasteiger partial charge is 0.151 e. The van der Waals surface area contributed by atoms with Crippen LogP contribution in [0.2, 0.25) is 0 Å². The standard InChI is InChI=1S/C22H27FO5/c1-3-13-5-8-14(9-6-13)18(23)16-10-15(7-4-12(16)2)22-21(27)20(26)19(25)17(11-24)28-22/h4-10,17-22,24-27H,3,11H2,1-2H3/t17-,18?,19-,20+,21-,22+/m1/s1. The van der Waals surface area contributed by atoms with Crippen molar-refractivity contribution in [1.29, 1.82) is 0 Å². The summed E-state index contributed by atoms with van der Waals surface area (Å²) in [5, 5.41) is 39.7. The Hall–Kier alpha value is -1.83. The predicted molar refractivity (Wildman–Crippen MR) is 103 cm³/mol. The van der Waals surface area contributed by atoms with Crippen LogP contribution < -0.4 is 0 Å². The molecule has 0 aromatic heterocycles. The Morgan fingerprint density at radius 2 is 1.68 bits per heavy atom. The summed E-state index contributed by atoms with van der Waals surface area (Å²) in [6.07, 6.45) is -6.75. The number of halogens is 1. The van der Waals surface area contributed by atoms with Crippen LogP contribution in [0.15, 0.2) is 42.5 Å². The number of ether oxygens (including phenoxy) is 1. The van der Waals surface area contributed by atoms with Gasteiger partial charge >= 0.3 is 0 Å². The minimum atomic E-state index is -1.47. The van der Waals surface area contributed by atoms with E-state index in [-0.39, 0.29) is 0 Å². The fourth-order valence-corrected chi connectivity index (χ4v) is 3.59. The van der Waals surface area contributed by atoms with Crippen LogP contribution in [-0.2, 0) is 11.2 Å². The van der Waals surface area contributed by atoms with Gasteiger partial charge in [0, 0.05) is 0 Å². The largest absolute Gasteiger partial charge is 0.394 e. The van der Waals surface area contributed by atoms with Crippen molar-refractivity contribution in [3.63, 3.8) is 0 Å². The molecule has 1 aliphatic heterocycles. The summed E-state index contributed by atoms with van der Waals surface area (Å²) in [4.78, 5) is 0. The summed E-state index contributed by atoms with van der Waals surface area (Å²) < 4.78 is 20.9. The summed E-state index contributed by atoms with van der Waals surface area (Å²) in [5.74, 6) is 0. The van der Waals surface area contributed by atoms with Gasteiger partial charge in [0.25, 0.3) is 0 Å². The number of alkyl halides is 1. The average molecular weight is 390 g/mol. The Morgan fingerprint density at radius 1 is 1.00 bits per heavy atom. The van der Waals surface area contributed by atoms with E-state index in [1.807, 2.05) is 19.1 Å². The molecular weight excluding hydrogens is 363 g/mol. The third-order valence-corrected chi connectivity index (χ3v) is 5.48. The van der Waals surface area contributed by atoms with Crippen molar-refractivity contribution >= 4 is 0 Å². The number of aryl methyl sites for hydroxylation is 2. The molecule has 0 bridgehead atoms. The second-order valence-corrected chi connectivity index (χ2v) is 7.32. The zero-order valence-corrected chi connectivity index (χ0v) is 16.0. The fraction of sp³-hybridized carbons (Fsp3) is 0.455. The first-order valence-electron chi connectivity index (χ1n) is 9.51. The van der Waals surface area contributed by atoms with E-state index in [2.05, 4.69) is 0 Å². The van der Waals surface area contributed by atoms with Gasteiger partial charge in [0.15, 0.2) is 6.17 Å². The Kier molecular flexibility index (Phi) is 6.47. The molecule has 3 rings (SSSR count). The minimum absolute atomic E-state index is 0.443. The predicted octanol–water partition coefficient (Wildman–Crippen LogP) is 2.13. The van der Waals surface area contributed by atoms with Crippen molar-refractivity contribution in [2.75, 3.05) is 6.61 Å². The minimum Gasteiger partial charge on any atom is -0.394 e. The normalized spacial score (nSPS) is 28.9. The maximum atomic E-state index is 15.3. The first-order valence-corrected chi connectivity index (χ1v) is 9.51. The van der Waals surface area contributed by atoms with Crippen LogP contribution in [-0.4, -0.2) is 51.4 Å². The molecule has 0 radical (unpaired) electrons. The summed E-state index contributed by atoms with van der Waals surface area (Å²) in [7, 11) is 0. The molecule has 1 heterocycles. The van der Waals surface area contributed by atoms with Gasteiger partial charge in [-0.15, -0.1) is 0 Å². The van der Waals surface area contributed by atoms with Gasteiger partial charge in [0.1, 0.15) is 30.5 Å². The van der Waals surface area contributed by atoms with E-state index in [1.165, 1.54) is 0 Å². The number of aliphatic hydroxyl groups is 4. The molecule has 0 aliphatic carbocycles. The first-order chi connectivity index (χ1) is 13.4. The molecule has 4 N–H and O–H groups in total. The van der Waals surface area contributed by atoms with Crippen LogP contribution in [0.3, 0.4) is 0 Å². The highest BCUT2D eigenvalue weighted by atomic mass is 19.1. The maximum absolute atomic E-state index is 15.3. The Morgan fingerprint density at radius 3 is 2.29 bits per heavy atom. The van der Waals surface area contributed by atoms with Crippen LogP contribution in [0.4, 0.5) is 4.39 Å². The lowest BCUT2D eigenvalue weighted by Crippen LogP contribution is -2.55. The van der Waals surface area contributed by atoms with E-state index in [4.69, 9.17) is 4.74 Å². The molecule has 5 nitrogen and oxygen atoms in total. The Bertz CT molecular complexity index is 792. The number of hydrogen-bond acceptors (Lipinski definition) is 5. The number of rotatable bonds is 5. The summed E-state index contributed by atoms with van der Waals surface area (Å²) in [6, 6.07) is 12.4. The molecular formula is C22H27FO5. The molecule has 28 heavy (non-hydrogen) atoms. The first kappa shape index (κ1) is 20.9. The molecule has 6 heteroatoms. The van der Waals surface area contributed by atoms with E-state index < -0.39 is 43.3 Å². The molecule has 1 unspecified atom stereocenters. The van der Waals surface area contributed by atoms with Gasteiger partial charge in [-0.05, 0) is 47.2 Å². The van der Waals surface area contributed by atoms with Crippen molar-refractivity contribution in [2.24, 2.45) is 0 Å². The lowest BCUT2D eigenvalue weighted by atomic mass is 9.88. The van der Waals surface area contributed by atoms with Crippen LogP contribution in [0, 0.1) is 6.92 Å². The SMILES string of the molecule is CCc1ccc(C(F)c2cc([C@@H]3O[C@H](CO)[C@@H](O)[C@H](O)[C@H]3O)ccc2C)cc1. The van der Waals surface area contributed by atoms with Crippen molar-refractivity contribution in [3.8, 4) is 0 Å². The monoisotopic (exact) mass is 390 g/mol. The topological polar surface area (TPSA) is 90.2 Å². The van der Waals surface area contributed by atoms with Crippen molar-refractivity contribution < 1.29 is 29.6 Å². The van der Waals surface area contributed by atoms with E-state index in [0.29, 0.717) is 16.7 Å². The molecule has 0 amide bonds. The van der Waals surface area contributed by atoms with E-state index in [9.17, 15) is 20.4 Å². The van der Waals surface area contributed by atoms with E-state index in [0.717, 1.165) is 17.5 Å². The van der Waals surface area contributed by atoms with Crippen molar-refractivity contribution in [3.05, 3.63) is 70.3 Å². The molecule has 152 valence electrons. The molecule has 0 saturated carbocycles. The van der Waals surface area contributed by atoms with Crippen LogP contribution >= 0.6 is 0 Å². The second-order valence-electron chi connectivity index (χ2n) is 7.32. The van der Waals surface area contributed by atoms with Crippen LogP contribution in [0.25, 0.3) is 0 Å². The summed E-state index contributed by atoms with van der Waals surface area (Å²) in [5.41, 5.74) is 3.33. The highest BCUT2D eigenvalue weighted by molar-refractivity contribution is 5.40. The lowest BCUT2D eigenvalue weighted by molar-refractivity contribution is -0.231. The van der Waals surface area contributed by atoms with Gasteiger partial charge in [0.05, 0.1) is 6.61 Å². The number of hydrogen-bond donors (Lipinski definition) is 4. The summed E-state index contributed by atoms with van der Waals surface area (Å²) >= 11 is 0. The third kappa shape index (κ3) is 3.97. The number of benzene rings is 2. The lowest BCUT2D eigenvalue weighted by Gasteiger charge is -2.40. The molecule has 1 fully saturated rings. The highest BCUT2D eigenvalue weighted by Crippen LogP contribution is 2.36. The van der Waals surface area contributed by atoms with Crippen molar-refractivity contribution in [1.82, 2.24) is 0 Å². The van der Waals surface area contributed by atoms with E-state index >= 15 is 4.39 Å². The Balaban J connectivity index is 1.92. The second kappa shape index (κ2) is 8.68. The van der Waals surface area contributed by atoms with Gasteiger partial charge in [-0.1, -0.05) is 43.3 Å². The van der Waals surface area contributed by atoms with Crippen molar-refractivity contribution in [2.45, 2.75) is 57.0 Å². The van der Waals surface area contributed by atoms with Gasteiger partial charge in [0.2, 0.25) is 0 Å².